The Morgan fingerprint density at radius 1 is 1.16 bits per heavy atom. The Balaban J connectivity index is 1.51. The second-order valence-electron chi connectivity index (χ2n) is 7.56. The van der Waals surface area contributed by atoms with Gasteiger partial charge in [-0.05, 0) is 29.1 Å². The predicted molar refractivity (Wildman–Crippen MR) is 124 cm³/mol. The molecule has 2 aliphatic rings. The minimum Gasteiger partial charge on any atom is -0.379 e. The fraction of sp³-hybridized carbons (Fsp3) is 0.476. The molecule has 2 fully saturated rings. The van der Waals surface area contributed by atoms with Crippen LogP contribution in [0.25, 0.3) is 0 Å². The lowest BCUT2D eigenvalue weighted by atomic mass is 10.0. The van der Waals surface area contributed by atoms with Gasteiger partial charge < -0.3 is 10.1 Å². The van der Waals surface area contributed by atoms with Crippen LogP contribution in [-0.4, -0.2) is 81.0 Å². The lowest BCUT2D eigenvalue weighted by molar-refractivity contribution is 0.0162. The highest BCUT2D eigenvalue weighted by Crippen LogP contribution is 2.28. The number of ether oxygens (including phenoxy) is 1. The first-order valence-corrected chi connectivity index (χ1v) is 13.9. The summed E-state index contributed by atoms with van der Waals surface area (Å²) in [7, 11) is -3.72. The number of thiophene rings is 1. The Morgan fingerprint density at radius 2 is 1.91 bits per heavy atom. The van der Waals surface area contributed by atoms with Gasteiger partial charge in [-0.2, -0.15) is 16.1 Å². The van der Waals surface area contributed by atoms with Crippen molar-refractivity contribution >= 4 is 39.0 Å². The number of carbonyl (C=O) groups excluding carboxylic acids is 1. The Morgan fingerprint density at radius 3 is 2.62 bits per heavy atom. The molecule has 4 rings (SSSR count). The molecule has 7 nitrogen and oxygen atoms in total. The summed E-state index contributed by atoms with van der Waals surface area (Å²) in [6, 6.07) is 7.62. The average Bonchev–Trinajstić information content (AvgIpc) is 3.32. The van der Waals surface area contributed by atoms with E-state index < -0.39 is 15.9 Å². The summed E-state index contributed by atoms with van der Waals surface area (Å²) >= 11 is 2.84. The van der Waals surface area contributed by atoms with E-state index in [0.717, 1.165) is 28.4 Å². The largest absolute Gasteiger partial charge is 0.379 e. The third-order valence-corrected chi connectivity index (χ3v) is 9.52. The number of thioether (sulfide) groups is 1. The molecular formula is C21H26FN3O4S3. The minimum atomic E-state index is -3.72. The topological polar surface area (TPSA) is 79.0 Å². The molecule has 1 atom stereocenters. The van der Waals surface area contributed by atoms with Gasteiger partial charge in [0.2, 0.25) is 10.0 Å². The molecule has 1 aromatic carbocycles. The highest BCUT2D eigenvalue weighted by atomic mass is 32.2. The molecule has 0 spiro atoms. The number of nitrogens with one attached hydrogen (secondary N) is 1. The van der Waals surface area contributed by atoms with Gasteiger partial charge in [-0.1, -0.05) is 12.1 Å². The van der Waals surface area contributed by atoms with Gasteiger partial charge in [-0.3, -0.25) is 9.69 Å². The number of carbonyl (C=O) groups is 1. The normalized spacial score (nSPS) is 19.5. The maximum atomic E-state index is 13.9. The van der Waals surface area contributed by atoms with Crippen LogP contribution in [-0.2, 0) is 14.8 Å². The van der Waals surface area contributed by atoms with Crippen LogP contribution in [0.1, 0.15) is 21.3 Å². The smallest absolute Gasteiger partial charge is 0.262 e. The molecule has 1 aromatic heterocycles. The second kappa shape index (κ2) is 10.6. The Bertz CT molecular complexity index is 1030. The molecule has 2 aromatic rings. The summed E-state index contributed by atoms with van der Waals surface area (Å²) in [5.41, 5.74) is 0.761. The molecule has 174 valence electrons. The van der Waals surface area contributed by atoms with Gasteiger partial charge >= 0.3 is 0 Å². The molecule has 1 N–H and O–H groups in total. The summed E-state index contributed by atoms with van der Waals surface area (Å²) in [5.74, 6) is 0.734. The quantitative estimate of drug-likeness (QED) is 0.631. The van der Waals surface area contributed by atoms with Crippen LogP contribution in [0.2, 0.25) is 0 Å². The van der Waals surface area contributed by atoms with Crippen molar-refractivity contribution in [2.75, 3.05) is 57.4 Å². The van der Waals surface area contributed by atoms with Crippen LogP contribution in [0.3, 0.4) is 0 Å². The van der Waals surface area contributed by atoms with E-state index in [9.17, 15) is 17.6 Å². The second-order valence-corrected chi connectivity index (χ2v) is 11.6. The first kappa shape index (κ1) is 23.7. The summed E-state index contributed by atoms with van der Waals surface area (Å²) in [4.78, 5) is 15.4. The van der Waals surface area contributed by atoms with Crippen molar-refractivity contribution in [2.45, 2.75) is 10.9 Å². The van der Waals surface area contributed by atoms with E-state index in [-0.39, 0.29) is 28.2 Å². The SMILES string of the molecule is O=C(NCC(c1cccc(F)c1)N1CCOCC1)c1sccc1S(=O)(=O)N1CCSCC1. The summed E-state index contributed by atoms with van der Waals surface area (Å²) in [6.45, 7) is 3.61. The fourth-order valence-corrected chi connectivity index (χ4v) is 7.82. The van der Waals surface area contributed by atoms with Gasteiger partial charge in [0.25, 0.3) is 5.91 Å². The zero-order chi connectivity index (χ0) is 22.6. The van der Waals surface area contributed by atoms with Crippen LogP contribution in [0.5, 0.6) is 0 Å². The molecule has 3 heterocycles. The fourth-order valence-electron chi connectivity index (χ4n) is 3.92. The molecular weight excluding hydrogens is 473 g/mol. The van der Waals surface area contributed by atoms with Crippen LogP contribution in [0.4, 0.5) is 4.39 Å². The number of nitrogens with zero attached hydrogens (tertiary/aromatic N) is 2. The molecule has 0 radical (unpaired) electrons. The first-order valence-electron chi connectivity index (χ1n) is 10.5. The Kier molecular flexibility index (Phi) is 7.85. The van der Waals surface area contributed by atoms with Gasteiger partial charge in [0, 0.05) is 44.2 Å². The van der Waals surface area contributed by atoms with E-state index >= 15 is 0 Å². The van der Waals surface area contributed by atoms with Gasteiger partial charge in [-0.15, -0.1) is 11.3 Å². The summed E-state index contributed by atoms with van der Waals surface area (Å²) in [6.07, 6.45) is 0. The highest BCUT2D eigenvalue weighted by Gasteiger charge is 2.32. The molecule has 0 saturated carbocycles. The van der Waals surface area contributed by atoms with E-state index in [0.29, 0.717) is 39.4 Å². The van der Waals surface area contributed by atoms with Gasteiger partial charge in [0.15, 0.2) is 0 Å². The number of hydrogen-bond acceptors (Lipinski definition) is 7. The van der Waals surface area contributed by atoms with E-state index in [1.165, 1.54) is 22.5 Å². The third-order valence-electron chi connectivity index (χ3n) is 5.60. The number of benzene rings is 1. The zero-order valence-corrected chi connectivity index (χ0v) is 20.0. The predicted octanol–water partition coefficient (Wildman–Crippen LogP) is 2.43. The number of halogens is 1. The van der Waals surface area contributed by atoms with E-state index in [1.807, 2.05) is 6.07 Å². The standard InChI is InChI=1S/C21H26FN3O4S3/c22-17-3-1-2-16(14-17)18(24-5-9-29-10-6-24)15-23-21(26)20-19(4-11-31-20)32(27,28)25-7-12-30-13-8-25/h1-4,11,14,18H,5-10,12-13,15H2,(H,23,26). The van der Waals surface area contributed by atoms with Gasteiger partial charge in [0.05, 0.1) is 19.3 Å². The van der Waals surface area contributed by atoms with Crippen molar-refractivity contribution < 1.29 is 22.3 Å². The maximum Gasteiger partial charge on any atom is 0.262 e. The van der Waals surface area contributed by atoms with Gasteiger partial charge in [0.1, 0.15) is 15.6 Å². The number of morpholine rings is 1. The van der Waals surface area contributed by atoms with E-state index in [2.05, 4.69) is 10.2 Å². The molecule has 1 unspecified atom stereocenters. The molecule has 2 aliphatic heterocycles. The first-order chi connectivity index (χ1) is 15.5. The van der Waals surface area contributed by atoms with Crippen LogP contribution in [0, 0.1) is 5.82 Å². The average molecular weight is 500 g/mol. The summed E-state index contributed by atoms with van der Waals surface area (Å²) in [5, 5.41) is 4.53. The van der Waals surface area contributed by atoms with Crippen LogP contribution in [0.15, 0.2) is 40.6 Å². The van der Waals surface area contributed by atoms with Crippen LogP contribution >= 0.6 is 23.1 Å². The molecule has 11 heteroatoms. The molecule has 32 heavy (non-hydrogen) atoms. The van der Waals surface area contributed by atoms with Crippen LogP contribution < -0.4 is 5.32 Å². The molecule has 1 amide bonds. The molecule has 0 aliphatic carbocycles. The molecule has 0 bridgehead atoms. The van der Waals surface area contributed by atoms with E-state index in [4.69, 9.17) is 4.74 Å². The Hall–Kier alpha value is -1.50. The highest BCUT2D eigenvalue weighted by molar-refractivity contribution is 7.99. The number of sulfonamides is 1. The number of rotatable bonds is 7. The van der Waals surface area contributed by atoms with Crippen molar-refractivity contribution in [1.29, 1.82) is 0 Å². The third kappa shape index (κ3) is 5.35. The van der Waals surface area contributed by atoms with Crippen molar-refractivity contribution in [2.24, 2.45) is 0 Å². The maximum absolute atomic E-state index is 13.9. The minimum absolute atomic E-state index is 0.0561. The number of amides is 1. The van der Waals surface area contributed by atoms with Crippen molar-refractivity contribution in [1.82, 2.24) is 14.5 Å². The van der Waals surface area contributed by atoms with Crippen molar-refractivity contribution in [3.8, 4) is 0 Å². The number of hydrogen-bond donors (Lipinski definition) is 1. The zero-order valence-electron chi connectivity index (χ0n) is 17.5. The summed E-state index contributed by atoms with van der Waals surface area (Å²) < 4.78 is 47.0. The lowest BCUT2D eigenvalue weighted by Gasteiger charge is -2.35. The molecule has 2 saturated heterocycles. The Labute approximate surface area is 196 Å². The van der Waals surface area contributed by atoms with E-state index in [1.54, 1.807) is 23.2 Å². The van der Waals surface area contributed by atoms with Crippen molar-refractivity contribution in [3.63, 3.8) is 0 Å². The van der Waals surface area contributed by atoms with Crippen molar-refractivity contribution in [3.05, 3.63) is 52.0 Å². The lowest BCUT2D eigenvalue weighted by Crippen LogP contribution is -2.44. The monoisotopic (exact) mass is 499 g/mol. The van der Waals surface area contributed by atoms with Gasteiger partial charge in [-0.25, -0.2) is 12.8 Å².